The zero-order valence-corrected chi connectivity index (χ0v) is 21.6. The van der Waals surface area contributed by atoms with Gasteiger partial charge < -0.3 is 4.74 Å². The summed E-state index contributed by atoms with van der Waals surface area (Å²) >= 11 is 0. The van der Waals surface area contributed by atoms with Crippen molar-refractivity contribution in [1.82, 2.24) is 19.1 Å². The fourth-order valence-corrected chi connectivity index (χ4v) is 5.70. The molecule has 9 nitrogen and oxygen atoms in total. The van der Waals surface area contributed by atoms with Crippen LogP contribution in [0.5, 0.6) is 5.75 Å². The number of hydrogen-bond donors (Lipinski definition) is 1. The van der Waals surface area contributed by atoms with E-state index in [1.165, 1.54) is 52.5 Å². The second-order valence-corrected chi connectivity index (χ2v) is 10.5. The fraction of sp³-hybridized carbons (Fsp3) is 0.192. The molecular weight excluding hydrogens is 554 g/mol. The van der Waals surface area contributed by atoms with E-state index in [-0.39, 0.29) is 47.9 Å². The van der Waals surface area contributed by atoms with E-state index in [1.54, 1.807) is 0 Å². The molecule has 14 heteroatoms. The maximum Gasteiger partial charge on any atom is 0.303 e. The zero-order valence-electron chi connectivity index (χ0n) is 20.8. The highest BCUT2D eigenvalue weighted by atomic mass is 32.2. The summed E-state index contributed by atoms with van der Waals surface area (Å²) < 4.78 is 91.9. The van der Waals surface area contributed by atoms with Crippen LogP contribution < -0.4 is 15.0 Å². The van der Waals surface area contributed by atoms with E-state index in [4.69, 9.17) is 4.74 Å². The Bertz CT molecular complexity index is 1750. The third-order valence-corrected chi connectivity index (χ3v) is 7.83. The number of fused-ring (bicyclic) bond motifs is 1. The molecule has 208 valence electrons. The Hall–Kier alpha value is -4.30. The molecule has 2 aromatic heterocycles. The first-order chi connectivity index (χ1) is 19.1. The number of alkyl halides is 2. The van der Waals surface area contributed by atoms with E-state index in [2.05, 4.69) is 14.9 Å². The minimum atomic E-state index is -4.01. The van der Waals surface area contributed by atoms with Crippen LogP contribution in [0.25, 0.3) is 16.8 Å². The van der Waals surface area contributed by atoms with Crippen molar-refractivity contribution < 1.29 is 30.7 Å². The molecule has 2 aromatic carbocycles. The number of nitrogens with zero attached hydrogens (tertiary/aromatic N) is 4. The van der Waals surface area contributed by atoms with Crippen molar-refractivity contribution in [1.29, 1.82) is 0 Å². The summed E-state index contributed by atoms with van der Waals surface area (Å²) in [6.45, 7) is -0.0948. The number of methoxy groups -OCH3 is 1. The second-order valence-electron chi connectivity index (χ2n) is 8.86. The van der Waals surface area contributed by atoms with E-state index in [0.717, 1.165) is 18.2 Å². The molecule has 4 aromatic rings. The van der Waals surface area contributed by atoms with E-state index >= 15 is 4.39 Å². The minimum absolute atomic E-state index is 0.00533. The summed E-state index contributed by atoms with van der Waals surface area (Å²) in [6.07, 6.45) is -1.47. The lowest BCUT2D eigenvalue weighted by Gasteiger charge is -2.30. The van der Waals surface area contributed by atoms with Crippen LogP contribution >= 0.6 is 0 Å². The first-order valence-corrected chi connectivity index (χ1v) is 13.3. The van der Waals surface area contributed by atoms with Crippen LogP contribution in [0.2, 0.25) is 0 Å². The van der Waals surface area contributed by atoms with E-state index < -0.39 is 39.4 Å². The molecule has 5 rings (SSSR count). The molecule has 0 spiro atoms. The molecule has 1 aliphatic heterocycles. The summed E-state index contributed by atoms with van der Waals surface area (Å²) in [4.78, 5) is 13.0. The molecular formula is C26H21F4N5O4S. The Kier molecular flexibility index (Phi) is 7.29. The third kappa shape index (κ3) is 5.27. The number of nitrogens with one attached hydrogen (secondary N) is 1. The maximum absolute atomic E-state index is 15.4. The van der Waals surface area contributed by atoms with E-state index in [9.17, 15) is 26.4 Å². The average Bonchev–Trinajstić information content (AvgIpc) is 2.92. The molecule has 1 N–H and O–H groups in total. The van der Waals surface area contributed by atoms with Crippen LogP contribution in [-0.2, 0) is 23.2 Å². The van der Waals surface area contributed by atoms with Crippen LogP contribution in [0.1, 0.15) is 23.2 Å². The Morgan fingerprint density at radius 1 is 1.07 bits per heavy atom. The molecule has 1 aliphatic rings. The Balaban J connectivity index is 1.54. The molecule has 0 saturated heterocycles. The van der Waals surface area contributed by atoms with Gasteiger partial charge in [-0.1, -0.05) is 6.07 Å². The lowest BCUT2D eigenvalue weighted by molar-refractivity contribution is 0.151. The topological polar surface area (TPSA) is 106 Å². The average molecular weight is 576 g/mol. The highest BCUT2D eigenvalue weighted by Gasteiger charge is 2.30. The summed E-state index contributed by atoms with van der Waals surface area (Å²) in [5.41, 5.74) is -0.514. The van der Waals surface area contributed by atoms with Crippen molar-refractivity contribution in [3.8, 4) is 22.6 Å². The molecule has 0 aliphatic carbocycles. The molecule has 0 amide bonds. The van der Waals surface area contributed by atoms with Crippen molar-refractivity contribution >= 4 is 16.0 Å². The monoisotopic (exact) mass is 575 g/mol. The number of hydrogen-bond acceptors (Lipinski definition) is 6. The van der Waals surface area contributed by atoms with Crippen molar-refractivity contribution in [2.45, 2.75) is 19.4 Å². The van der Waals surface area contributed by atoms with Gasteiger partial charge in [-0.05, 0) is 47.5 Å². The van der Waals surface area contributed by atoms with Gasteiger partial charge in [0, 0.05) is 54.7 Å². The molecule has 0 fully saturated rings. The van der Waals surface area contributed by atoms with Crippen molar-refractivity contribution in [2.24, 2.45) is 0 Å². The van der Waals surface area contributed by atoms with Crippen LogP contribution in [0.4, 0.5) is 23.4 Å². The molecule has 0 unspecified atom stereocenters. The van der Waals surface area contributed by atoms with Crippen molar-refractivity contribution in [3.63, 3.8) is 0 Å². The first kappa shape index (κ1) is 27.3. The van der Waals surface area contributed by atoms with E-state index in [1.807, 2.05) is 0 Å². The van der Waals surface area contributed by atoms with Gasteiger partial charge in [0.15, 0.2) is 5.82 Å². The van der Waals surface area contributed by atoms with Gasteiger partial charge in [-0.3, -0.25) is 14.1 Å². The SMILES string of the molecule is COc1cc(-c2cc(F)cc(C(F)F)c2)c(F)cc1-n1c2c(ccc1=O)CN(S(=O)(=O)Nc1cccnn1)CC2. The largest absolute Gasteiger partial charge is 0.495 e. The van der Waals surface area contributed by atoms with Gasteiger partial charge in [-0.25, -0.2) is 17.6 Å². The Labute approximate surface area is 225 Å². The molecule has 0 atom stereocenters. The van der Waals surface area contributed by atoms with Gasteiger partial charge in [0.05, 0.1) is 12.8 Å². The van der Waals surface area contributed by atoms with Crippen molar-refractivity contribution in [2.75, 3.05) is 18.4 Å². The summed E-state index contributed by atoms with van der Waals surface area (Å²) in [5, 5.41) is 7.37. The van der Waals surface area contributed by atoms with Gasteiger partial charge >= 0.3 is 10.2 Å². The lowest BCUT2D eigenvalue weighted by Crippen LogP contribution is -2.41. The third-order valence-electron chi connectivity index (χ3n) is 6.37. The predicted octanol–water partition coefficient (Wildman–Crippen LogP) is 4.23. The predicted molar refractivity (Wildman–Crippen MR) is 138 cm³/mol. The highest BCUT2D eigenvalue weighted by molar-refractivity contribution is 7.90. The second kappa shape index (κ2) is 10.7. The Morgan fingerprint density at radius 2 is 1.88 bits per heavy atom. The fourth-order valence-electron chi connectivity index (χ4n) is 4.55. The number of halogens is 4. The smallest absolute Gasteiger partial charge is 0.303 e. The van der Waals surface area contributed by atoms with Gasteiger partial charge in [0.1, 0.15) is 17.4 Å². The molecule has 40 heavy (non-hydrogen) atoms. The van der Waals surface area contributed by atoms with Crippen LogP contribution in [0.3, 0.4) is 0 Å². The molecule has 0 saturated carbocycles. The Morgan fingerprint density at radius 3 is 2.58 bits per heavy atom. The highest BCUT2D eigenvalue weighted by Crippen LogP contribution is 2.35. The standard InChI is InChI=1S/C26H21F4N5O4S/c1-39-23-12-19(16-9-17(26(29)30)11-18(27)10-16)20(28)13-22(23)35-21-6-8-34(14-15(21)4-5-25(35)36)40(37,38)33-24-3-2-7-31-32-24/h2-5,7,9-13,26H,6,8,14H2,1H3,(H,32,33). The maximum atomic E-state index is 15.4. The normalized spacial score (nSPS) is 13.8. The first-order valence-electron chi connectivity index (χ1n) is 11.8. The number of benzene rings is 2. The quantitative estimate of drug-likeness (QED) is 0.331. The minimum Gasteiger partial charge on any atom is -0.495 e. The number of aromatic nitrogens is 3. The van der Waals surface area contributed by atoms with Crippen molar-refractivity contribution in [3.05, 3.63) is 99.6 Å². The van der Waals surface area contributed by atoms with E-state index in [0.29, 0.717) is 17.3 Å². The molecule has 0 bridgehead atoms. The molecule has 3 heterocycles. The van der Waals surface area contributed by atoms with Gasteiger partial charge in [0.25, 0.3) is 12.0 Å². The van der Waals surface area contributed by atoms with Gasteiger partial charge in [-0.2, -0.15) is 17.8 Å². The number of anilines is 1. The van der Waals surface area contributed by atoms with Crippen LogP contribution in [-0.4, -0.2) is 41.1 Å². The number of ether oxygens (including phenoxy) is 1. The number of rotatable bonds is 7. The lowest BCUT2D eigenvalue weighted by atomic mass is 10.0. The van der Waals surface area contributed by atoms with Crippen LogP contribution in [0.15, 0.2) is 65.6 Å². The zero-order chi connectivity index (χ0) is 28.6. The van der Waals surface area contributed by atoms with Gasteiger partial charge in [0.2, 0.25) is 0 Å². The summed E-state index contributed by atoms with van der Waals surface area (Å²) in [5.74, 6) is -1.80. The van der Waals surface area contributed by atoms with Gasteiger partial charge in [-0.15, -0.1) is 5.10 Å². The summed E-state index contributed by atoms with van der Waals surface area (Å²) in [7, 11) is -2.73. The number of pyridine rings is 1. The summed E-state index contributed by atoms with van der Waals surface area (Å²) in [6, 6.07) is 10.5. The van der Waals surface area contributed by atoms with Crippen LogP contribution in [0, 0.1) is 11.6 Å². The molecule has 0 radical (unpaired) electrons.